The van der Waals surface area contributed by atoms with Crippen LogP contribution in [0.15, 0.2) is 6.07 Å². The van der Waals surface area contributed by atoms with Crippen molar-refractivity contribution in [3.63, 3.8) is 0 Å². The summed E-state index contributed by atoms with van der Waals surface area (Å²) >= 11 is 0. The Morgan fingerprint density at radius 3 is 2.40 bits per heavy atom. The van der Waals surface area contributed by atoms with Crippen molar-refractivity contribution in [3.8, 4) is 5.88 Å². The fraction of sp³-hybridized carbons (Fsp3) is 0.692. The molecule has 0 saturated carbocycles. The van der Waals surface area contributed by atoms with Crippen LogP contribution in [0.1, 0.15) is 51.3 Å². The van der Waals surface area contributed by atoms with Gasteiger partial charge >= 0.3 is 6.18 Å². The number of nitrogens with two attached hydrogens (primary N) is 1. The Balaban J connectivity index is 2.39. The highest BCUT2D eigenvalue weighted by molar-refractivity contribution is 5.33. The Morgan fingerprint density at radius 2 is 1.75 bits per heavy atom. The van der Waals surface area contributed by atoms with Gasteiger partial charge in [0.05, 0.1) is 6.61 Å². The third-order valence-electron chi connectivity index (χ3n) is 2.72. The summed E-state index contributed by atoms with van der Waals surface area (Å²) in [6.45, 7) is 2.47. The van der Waals surface area contributed by atoms with E-state index in [9.17, 15) is 13.2 Å². The van der Waals surface area contributed by atoms with E-state index in [1.165, 1.54) is 25.3 Å². The fourth-order valence-corrected chi connectivity index (χ4v) is 1.70. The maximum atomic E-state index is 12.5. The highest BCUT2D eigenvalue weighted by atomic mass is 19.4. The minimum Gasteiger partial charge on any atom is -0.478 e. The number of hydrogen-bond donors (Lipinski definition) is 1. The molecule has 0 spiro atoms. The van der Waals surface area contributed by atoms with Crippen molar-refractivity contribution in [1.82, 2.24) is 9.97 Å². The summed E-state index contributed by atoms with van der Waals surface area (Å²) in [6.07, 6.45) is 1.83. The molecule has 4 nitrogen and oxygen atoms in total. The van der Waals surface area contributed by atoms with Crippen molar-refractivity contribution >= 4 is 5.82 Å². The van der Waals surface area contributed by atoms with Crippen LogP contribution in [0, 0.1) is 0 Å². The van der Waals surface area contributed by atoms with Gasteiger partial charge in [0.1, 0.15) is 5.82 Å². The molecule has 2 N–H and O–H groups in total. The average molecular weight is 291 g/mol. The molecule has 0 aliphatic carbocycles. The molecule has 7 heteroatoms. The van der Waals surface area contributed by atoms with Crippen LogP contribution in [0.4, 0.5) is 19.0 Å². The second kappa shape index (κ2) is 7.91. The summed E-state index contributed by atoms with van der Waals surface area (Å²) in [5.74, 6) is -1.64. The number of anilines is 1. The maximum Gasteiger partial charge on any atom is 0.451 e. The smallest absolute Gasteiger partial charge is 0.451 e. The first-order valence-corrected chi connectivity index (χ1v) is 6.78. The molecule has 1 rings (SSSR count). The monoisotopic (exact) mass is 291 g/mol. The molecule has 1 aromatic rings. The predicted molar refractivity (Wildman–Crippen MR) is 70.3 cm³/mol. The molecule has 114 valence electrons. The van der Waals surface area contributed by atoms with Crippen molar-refractivity contribution in [2.75, 3.05) is 12.3 Å². The molecule has 0 aliphatic rings. The molecule has 1 heterocycles. The van der Waals surface area contributed by atoms with Crippen LogP contribution < -0.4 is 10.5 Å². The number of unbranched alkanes of at least 4 members (excludes halogenated alkanes) is 5. The minimum atomic E-state index is -4.62. The number of nitrogen functional groups attached to an aromatic ring is 1. The van der Waals surface area contributed by atoms with E-state index in [0.29, 0.717) is 6.61 Å². The van der Waals surface area contributed by atoms with Crippen LogP contribution in [0.3, 0.4) is 0 Å². The number of ether oxygens (including phenoxy) is 1. The van der Waals surface area contributed by atoms with E-state index in [4.69, 9.17) is 10.5 Å². The van der Waals surface area contributed by atoms with Crippen LogP contribution in [-0.4, -0.2) is 16.6 Å². The van der Waals surface area contributed by atoms with Gasteiger partial charge in [0.2, 0.25) is 11.7 Å². The lowest BCUT2D eigenvalue weighted by Gasteiger charge is -2.09. The first kappa shape index (κ1) is 16.5. The number of rotatable bonds is 8. The SMILES string of the molecule is CCCCCCCCOc1cc(N)nc(C(F)(F)F)n1. The molecule has 0 fully saturated rings. The standard InChI is InChI=1S/C13H20F3N3O/c1-2-3-4-5-6-7-8-20-11-9-10(17)18-12(19-11)13(14,15)16/h9H,2-8H2,1H3,(H2,17,18,19). The van der Waals surface area contributed by atoms with Crippen LogP contribution in [0.25, 0.3) is 0 Å². The molecule has 0 saturated heterocycles. The molecule has 0 atom stereocenters. The van der Waals surface area contributed by atoms with Crippen LogP contribution in [-0.2, 0) is 6.18 Å². The summed E-state index contributed by atoms with van der Waals surface area (Å²) in [7, 11) is 0. The molecular weight excluding hydrogens is 271 g/mol. The third-order valence-corrected chi connectivity index (χ3v) is 2.72. The minimum absolute atomic E-state index is 0.126. The highest BCUT2D eigenvalue weighted by Crippen LogP contribution is 2.28. The Kier molecular flexibility index (Phi) is 6.54. The van der Waals surface area contributed by atoms with E-state index < -0.39 is 12.0 Å². The molecule has 0 bridgehead atoms. The first-order chi connectivity index (χ1) is 9.43. The van der Waals surface area contributed by atoms with Gasteiger partial charge in [-0.15, -0.1) is 0 Å². The number of hydrogen-bond acceptors (Lipinski definition) is 4. The average Bonchev–Trinajstić information content (AvgIpc) is 2.36. The largest absolute Gasteiger partial charge is 0.478 e. The lowest BCUT2D eigenvalue weighted by molar-refractivity contribution is -0.145. The Hall–Kier alpha value is -1.53. The molecular formula is C13H20F3N3O. The van der Waals surface area contributed by atoms with E-state index >= 15 is 0 Å². The van der Waals surface area contributed by atoms with Crippen LogP contribution in [0.5, 0.6) is 5.88 Å². The van der Waals surface area contributed by atoms with E-state index in [2.05, 4.69) is 16.9 Å². The van der Waals surface area contributed by atoms with E-state index in [1.807, 2.05) is 0 Å². The second-order valence-electron chi connectivity index (χ2n) is 4.57. The molecule has 0 radical (unpaired) electrons. The van der Waals surface area contributed by atoms with Crippen molar-refractivity contribution in [2.24, 2.45) is 0 Å². The number of alkyl halides is 3. The van der Waals surface area contributed by atoms with Crippen molar-refractivity contribution in [2.45, 2.75) is 51.6 Å². The van der Waals surface area contributed by atoms with Gasteiger partial charge in [0.25, 0.3) is 0 Å². The summed E-state index contributed by atoms with van der Waals surface area (Å²) in [4.78, 5) is 6.46. The summed E-state index contributed by atoms with van der Waals surface area (Å²) < 4.78 is 42.6. The highest BCUT2D eigenvalue weighted by Gasteiger charge is 2.35. The van der Waals surface area contributed by atoms with Gasteiger partial charge < -0.3 is 10.5 Å². The lowest BCUT2D eigenvalue weighted by atomic mass is 10.1. The van der Waals surface area contributed by atoms with Gasteiger partial charge in [-0.05, 0) is 6.42 Å². The summed E-state index contributed by atoms with van der Waals surface area (Å²) in [6, 6.07) is 1.20. The van der Waals surface area contributed by atoms with Gasteiger partial charge in [0.15, 0.2) is 0 Å². The lowest BCUT2D eigenvalue weighted by Crippen LogP contribution is -2.13. The summed E-state index contributed by atoms with van der Waals surface area (Å²) in [5.41, 5.74) is 5.31. The van der Waals surface area contributed by atoms with Crippen molar-refractivity contribution in [1.29, 1.82) is 0 Å². The molecule has 0 amide bonds. The van der Waals surface area contributed by atoms with Gasteiger partial charge in [-0.25, -0.2) is 4.98 Å². The summed E-state index contributed by atoms with van der Waals surface area (Å²) in [5, 5.41) is 0. The molecule has 20 heavy (non-hydrogen) atoms. The quantitative estimate of drug-likeness (QED) is 0.740. The fourth-order valence-electron chi connectivity index (χ4n) is 1.70. The van der Waals surface area contributed by atoms with Crippen molar-refractivity contribution < 1.29 is 17.9 Å². The Bertz CT molecular complexity index is 410. The van der Waals surface area contributed by atoms with E-state index in [-0.39, 0.29) is 11.7 Å². The molecule has 1 aromatic heterocycles. The van der Waals surface area contributed by atoms with Gasteiger partial charge in [-0.1, -0.05) is 39.0 Å². The first-order valence-electron chi connectivity index (χ1n) is 6.78. The predicted octanol–water partition coefficient (Wildman–Crippen LogP) is 3.82. The topological polar surface area (TPSA) is 61.0 Å². The van der Waals surface area contributed by atoms with Gasteiger partial charge in [0, 0.05) is 6.07 Å². The van der Waals surface area contributed by atoms with Gasteiger partial charge in [-0.2, -0.15) is 18.2 Å². The number of halogens is 3. The normalized spacial score (nSPS) is 11.6. The zero-order valence-electron chi connectivity index (χ0n) is 11.5. The molecule has 0 aromatic carbocycles. The van der Waals surface area contributed by atoms with Gasteiger partial charge in [-0.3, -0.25) is 0 Å². The number of nitrogens with zero attached hydrogens (tertiary/aromatic N) is 2. The Morgan fingerprint density at radius 1 is 1.10 bits per heavy atom. The maximum absolute atomic E-state index is 12.5. The molecule has 0 aliphatic heterocycles. The van der Waals surface area contributed by atoms with Crippen LogP contribution >= 0.6 is 0 Å². The molecule has 0 unspecified atom stereocenters. The van der Waals surface area contributed by atoms with E-state index in [1.54, 1.807) is 0 Å². The van der Waals surface area contributed by atoms with E-state index in [0.717, 1.165) is 19.3 Å². The zero-order valence-corrected chi connectivity index (χ0v) is 11.5. The van der Waals surface area contributed by atoms with Crippen LogP contribution in [0.2, 0.25) is 0 Å². The Labute approximate surface area is 116 Å². The zero-order chi connectivity index (χ0) is 15.0. The third kappa shape index (κ3) is 6.08. The van der Waals surface area contributed by atoms with Crippen molar-refractivity contribution in [3.05, 3.63) is 11.9 Å². The number of aromatic nitrogens is 2. The second-order valence-corrected chi connectivity index (χ2v) is 4.57.